The molecule has 20 heavy (non-hydrogen) atoms. The van der Waals surface area contributed by atoms with Crippen LogP contribution in [0.1, 0.15) is 80.6 Å². The Kier molecular flexibility index (Phi) is 4.00. The topological polar surface area (TPSA) is 0 Å². The smallest absolute Gasteiger partial charge is 0.00729 e. The first-order valence-electron chi connectivity index (χ1n) is 8.55. The summed E-state index contributed by atoms with van der Waals surface area (Å²) in [6.45, 7) is 16.7. The molecule has 2 rings (SSSR count). The summed E-state index contributed by atoms with van der Waals surface area (Å²) in [7, 11) is 0. The zero-order chi connectivity index (χ0) is 15.2. The maximum absolute atomic E-state index is 2.61. The van der Waals surface area contributed by atoms with E-state index in [0.29, 0.717) is 16.2 Å². The lowest BCUT2D eigenvalue weighted by atomic mass is 9.74. The van der Waals surface area contributed by atoms with Gasteiger partial charge in [0.2, 0.25) is 0 Å². The van der Waals surface area contributed by atoms with Crippen LogP contribution in [0.5, 0.6) is 0 Å². The van der Waals surface area contributed by atoms with E-state index in [2.05, 4.69) is 60.6 Å². The van der Waals surface area contributed by atoms with E-state index < -0.39 is 0 Å². The van der Waals surface area contributed by atoms with Crippen molar-refractivity contribution in [3.05, 3.63) is 23.3 Å². The van der Waals surface area contributed by atoms with Crippen molar-refractivity contribution in [2.24, 2.45) is 22.2 Å². The number of hydrogen-bond acceptors (Lipinski definition) is 0. The number of fused-ring (bicyclic) bond motifs is 1. The van der Waals surface area contributed by atoms with E-state index in [1.165, 1.54) is 37.7 Å². The van der Waals surface area contributed by atoms with Gasteiger partial charge in [0.05, 0.1) is 0 Å². The monoisotopic (exact) mass is 274 g/mol. The second-order valence-corrected chi connectivity index (χ2v) is 8.90. The molecule has 114 valence electrons. The van der Waals surface area contributed by atoms with Gasteiger partial charge in [-0.1, -0.05) is 64.8 Å². The lowest BCUT2D eigenvalue weighted by Gasteiger charge is -2.31. The average molecular weight is 274 g/mol. The minimum absolute atomic E-state index is 0.412. The van der Waals surface area contributed by atoms with Gasteiger partial charge in [0, 0.05) is 0 Å². The Hall–Kier alpha value is -0.520. The highest BCUT2D eigenvalue weighted by atomic mass is 14.6. The van der Waals surface area contributed by atoms with Gasteiger partial charge in [-0.05, 0) is 61.2 Å². The van der Waals surface area contributed by atoms with Gasteiger partial charge >= 0.3 is 0 Å². The molecule has 2 atom stereocenters. The van der Waals surface area contributed by atoms with Crippen molar-refractivity contribution in [2.45, 2.75) is 80.6 Å². The zero-order valence-electron chi connectivity index (χ0n) is 14.8. The van der Waals surface area contributed by atoms with Crippen LogP contribution in [0.2, 0.25) is 0 Å². The van der Waals surface area contributed by atoms with Gasteiger partial charge in [0.25, 0.3) is 0 Å². The summed E-state index contributed by atoms with van der Waals surface area (Å²) in [6.07, 6.45) is 11.8. The van der Waals surface area contributed by atoms with Crippen molar-refractivity contribution in [1.29, 1.82) is 0 Å². The van der Waals surface area contributed by atoms with Crippen LogP contribution < -0.4 is 0 Å². The summed E-state index contributed by atoms with van der Waals surface area (Å²) in [5.74, 6) is 0.905. The highest BCUT2D eigenvalue weighted by molar-refractivity contribution is 5.36. The Morgan fingerprint density at radius 1 is 1.15 bits per heavy atom. The predicted octanol–water partition coefficient (Wildman–Crippen LogP) is 6.53. The van der Waals surface area contributed by atoms with Crippen molar-refractivity contribution < 1.29 is 0 Å². The first kappa shape index (κ1) is 15.9. The van der Waals surface area contributed by atoms with Crippen molar-refractivity contribution in [3.63, 3.8) is 0 Å². The molecule has 1 fully saturated rings. The predicted molar refractivity (Wildman–Crippen MR) is 89.8 cm³/mol. The Bertz CT molecular complexity index is 425. The van der Waals surface area contributed by atoms with E-state index in [-0.39, 0.29) is 0 Å². The fraction of sp³-hybridized carbons (Fsp3) is 0.800. The molecular weight excluding hydrogens is 240 g/mol. The summed E-state index contributed by atoms with van der Waals surface area (Å²) >= 11 is 0. The third-order valence-electron chi connectivity index (χ3n) is 5.86. The number of allylic oxidation sites excluding steroid dienone is 4. The zero-order valence-corrected chi connectivity index (χ0v) is 14.8. The lowest BCUT2D eigenvalue weighted by molar-refractivity contribution is 0.293. The van der Waals surface area contributed by atoms with Crippen LogP contribution in [0, 0.1) is 22.2 Å². The molecule has 0 spiro atoms. The molecule has 0 radical (unpaired) electrons. The molecule has 2 aliphatic rings. The SMILES string of the molecule is CCC(C)(CC)C1=CC(C)=CC2(CC(C)(C)C)CC2C1. The summed E-state index contributed by atoms with van der Waals surface area (Å²) in [5.41, 5.74) is 4.60. The van der Waals surface area contributed by atoms with Gasteiger partial charge in [0.15, 0.2) is 0 Å². The second kappa shape index (κ2) is 5.04. The second-order valence-electron chi connectivity index (χ2n) is 8.90. The van der Waals surface area contributed by atoms with Crippen LogP contribution in [0.3, 0.4) is 0 Å². The molecule has 1 saturated carbocycles. The third-order valence-corrected chi connectivity index (χ3v) is 5.86. The molecule has 0 nitrogen and oxygen atoms in total. The fourth-order valence-corrected chi connectivity index (χ4v) is 4.33. The lowest BCUT2D eigenvalue weighted by Crippen LogP contribution is -2.18. The number of hydrogen-bond donors (Lipinski definition) is 0. The van der Waals surface area contributed by atoms with Crippen LogP contribution in [0.25, 0.3) is 0 Å². The van der Waals surface area contributed by atoms with Crippen LogP contribution >= 0.6 is 0 Å². The summed E-state index contributed by atoms with van der Waals surface area (Å²) in [6, 6.07) is 0. The molecule has 0 aromatic carbocycles. The standard InChI is InChI=1S/C20H34/c1-8-19(7,9-2)16-10-15(3)12-20(13-17(20)11-16)14-18(4,5)6/h10,12,17H,8-9,11,13-14H2,1-7H3. The molecule has 0 bridgehead atoms. The molecule has 0 aromatic heterocycles. The van der Waals surface area contributed by atoms with E-state index in [1.54, 1.807) is 5.57 Å². The molecule has 2 aliphatic carbocycles. The van der Waals surface area contributed by atoms with Crippen molar-refractivity contribution in [2.75, 3.05) is 0 Å². The first-order valence-corrected chi connectivity index (χ1v) is 8.55. The van der Waals surface area contributed by atoms with Gasteiger partial charge in [-0.15, -0.1) is 0 Å². The molecule has 0 heterocycles. The normalized spacial score (nSPS) is 30.2. The van der Waals surface area contributed by atoms with Gasteiger partial charge in [-0.25, -0.2) is 0 Å². The molecule has 2 unspecified atom stereocenters. The summed E-state index contributed by atoms with van der Waals surface area (Å²) in [4.78, 5) is 0. The van der Waals surface area contributed by atoms with Crippen LogP contribution in [0.4, 0.5) is 0 Å². The van der Waals surface area contributed by atoms with Crippen LogP contribution in [-0.4, -0.2) is 0 Å². The Morgan fingerprint density at radius 2 is 1.75 bits per heavy atom. The first-order chi connectivity index (χ1) is 9.14. The maximum Gasteiger partial charge on any atom is -0.00729 e. The van der Waals surface area contributed by atoms with E-state index in [1.807, 2.05) is 0 Å². The van der Waals surface area contributed by atoms with Crippen LogP contribution in [-0.2, 0) is 0 Å². The largest absolute Gasteiger partial charge is 0.0751 e. The Labute approximate surface area is 126 Å². The fourth-order valence-electron chi connectivity index (χ4n) is 4.33. The van der Waals surface area contributed by atoms with E-state index in [9.17, 15) is 0 Å². The molecule has 0 saturated heterocycles. The van der Waals surface area contributed by atoms with Crippen LogP contribution in [0.15, 0.2) is 23.3 Å². The summed E-state index contributed by atoms with van der Waals surface area (Å²) < 4.78 is 0. The van der Waals surface area contributed by atoms with Crippen molar-refractivity contribution >= 4 is 0 Å². The Morgan fingerprint density at radius 3 is 2.25 bits per heavy atom. The average Bonchev–Trinajstić information content (AvgIpc) is 2.97. The highest BCUT2D eigenvalue weighted by Crippen LogP contribution is 2.64. The Balaban J connectivity index is 2.23. The third kappa shape index (κ3) is 3.05. The molecule has 0 amide bonds. The molecule has 0 aliphatic heterocycles. The van der Waals surface area contributed by atoms with E-state index in [4.69, 9.17) is 0 Å². The van der Waals surface area contributed by atoms with Gasteiger partial charge in [-0.2, -0.15) is 0 Å². The summed E-state index contributed by atoms with van der Waals surface area (Å²) in [5, 5.41) is 0. The maximum atomic E-state index is 2.61. The van der Waals surface area contributed by atoms with Gasteiger partial charge in [0.1, 0.15) is 0 Å². The minimum Gasteiger partial charge on any atom is -0.0751 e. The van der Waals surface area contributed by atoms with Gasteiger partial charge < -0.3 is 0 Å². The van der Waals surface area contributed by atoms with E-state index >= 15 is 0 Å². The van der Waals surface area contributed by atoms with Crippen molar-refractivity contribution in [1.82, 2.24) is 0 Å². The molecule has 0 aromatic rings. The minimum atomic E-state index is 0.412. The number of rotatable bonds is 4. The highest BCUT2D eigenvalue weighted by Gasteiger charge is 2.54. The molecule has 0 heteroatoms. The van der Waals surface area contributed by atoms with E-state index in [0.717, 1.165) is 5.92 Å². The molecule has 0 N–H and O–H groups in total. The van der Waals surface area contributed by atoms with Crippen molar-refractivity contribution in [3.8, 4) is 0 Å². The molecular formula is C20H34. The van der Waals surface area contributed by atoms with Gasteiger partial charge in [-0.3, -0.25) is 0 Å². The quantitative estimate of drug-likeness (QED) is 0.546.